The van der Waals surface area contributed by atoms with Crippen LogP contribution in [0.2, 0.25) is 0 Å². The van der Waals surface area contributed by atoms with Crippen molar-refractivity contribution in [2.45, 2.75) is 45.2 Å². The van der Waals surface area contributed by atoms with Crippen molar-refractivity contribution < 1.29 is 8.42 Å². The van der Waals surface area contributed by atoms with Gasteiger partial charge in [-0.15, -0.1) is 0 Å². The van der Waals surface area contributed by atoms with Crippen molar-refractivity contribution in [1.82, 2.24) is 15.1 Å². The van der Waals surface area contributed by atoms with Gasteiger partial charge in [0.1, 0.15) is 4.90 Å². The van der Waals surface area contributed by atoms with Crippen molar-refractivity contribution in [3.63, 3.8) is 0 Å². The van der Waals surface area contributed by atoms with Crippen LogP contribution in [0.3, 0.4) is 0 Å². The smallest absolute Gasteiger partial charge is 0.241 e. The molecule has 0 unspecified atom stereocenters. The monoisotopic (exact) mass is 260 g/mol. The molecule has 1 aromatic rings. The van der Waals surface area contributed by atoms with E-state index in [1.54, 1.807) is 18.5 Å². The van der Waals surface area contributed by atoms with Gasteiger partial charge >= 0.3 is 0 Å². The van der Waals surface area contributed by atoms with E-state index in [0.29, 0.717) is 24.0 Å². The molecule has 0 saturated carbocycles. The van der Waals surface area contributed by atoms with Crippen LogP contribution < -0.4 is 10.5 Å². The second kappa shape index (κ2) is 5.16. The van der Waals surface area contributed by atoms with Gasteiger partial charge in [0.15, 0.2) is 0 Å². The summed E-state index contributed by atoms with van der Waals surface area (Å²) in [4.78, 5) is 0.141. The van der Waals surface area contributed by atoms with Gasteiger partial charge < -0.3 is 5.32 Å². The van der Waals surface area contributed by atoms with Gasteiger partial charge in [-0.3, -0.25) is 4.68 Å². The van der Waals surface area contributed by atoms with Crippen LogP contribution in [0.4, 0.5) is 0 Å². The third kappa shape index (κ3) is 3.52. The van der Waals surface area contributed by atoms with Gasteiger partial charge in [0.25, 0.3) is 0 Å². The second-order valence-corrected chi connectivity index (χ2v) is 5.88. The number of nitrogens with one attached hydrogen (secondary N) is 1. The molecule has 98 valence electrons. The van der Waals surface area contributed by atoms with Crippen molar-refractivity contribution in [3.8, 4) is 0 Å². The van der Waals surface area contributed by atoms with Crippen LogP contribution in [0, 0.1) is 13.8 Å². The third-order valence-electron chi connectivity index (χ3n) is 2.48. The topological polar surface area (TPSA) is 90.0 Å². The molecule has 0 aliphatic rings. The van der Waals surface area contributed by atoms with E-state index in [9.17, 15) is 8.42 Å². The zero-order valence-corrected chi connectivity index (χ0v) is 11.5. The second-order valence-electron chi connectivity index (χ2n) is 4.38. The number of aryl methyl sites for hydroxylation is 1. The number of rotatable bonds is 5. The fraction of sp³-hybridized carbons (Fsp3) is 0.700. The van der Waals surface area contributed by atoms with E-state index in [0.717, 1.165) is 6.54 Å². The Morgan fingerprint density at radius 3 is 2.41 bits per heavy atom. The van der Waals surface area contributed by atoms with Crippen molar-refractivity contribution in [1.29, 1.82) is 0 Å². The maximum Gasteiger partial charge on any atom is 0.241 e. The van der Waals surface area contributed by atoms with Gasteiger partial charge in [0.2, 0.25) is 10.0 Å². The van der Waals surface area contributed by atoms with E-state index >= 15 is 0 Å². The Morgan fingerprint density at radius 1 is 1.41 bits per heavy atom. The van der Waals surface area contributed by atoms with Crippen LogP contribution in [0.5, 0.6) is 0 Å². The molecule has 6 nitrogen and oxygen atoms in total. The van der Waals surface area contributed by atoms with E-state index in [1.165, 1.54) is 0 Å². The predicted octanol–water partition coefficient (Wildman–Crippen LogP) is 0.145. The fourth-order valence-corrected chi connectivity index (χ4v) is 2.74. The molecule has 0 aliphatic heterocycles. The number of hydrogen-bond donors (Lipinski definition) is 2. The maximum atomic E-state index is 11.4. The quantitative estimate of drug-likeness (QED) is 0.788. The summed E-state index contributed by atoms with van der Waals surface area (Å²) in [5.41, 5.74) is 1.05. The first-order valence-electron chi connectivity index (χ1n) is 5.53. The zero-order chi connectivity index (χ0) is 13.2. The van der Waals surface area contributed by atoms with Crippen molar-refractivity contribution in [2.75, 3.05) is 6.54 Å². The lowest BCUT2D eigenvalue weighted by Gasteiger charge is -2.09. The van der Waals surface area contributed by atoms with Gasteiger partial charge in [0.05, 0.1) is 17.9 Å². The summed E-state index contributed by atoms with van der Waals surface area (Å²) in [5, 5.41) is 12.6. The summed E-state index contributed by atoms with van der Waals surface area (Å²) in [5.74, 6) is 0. The Kier molecular flexibility index (Phi) is 4.29. The molecule has 0 radical (unpaired) electrons. The number of sulfonamides is 1. The lowest BCUT2D eigenvalue weighted by atomic mass is 10.4. The van der Waals surface area contributed by atoms with E-state index in [4.69, 9.17) is 5.14 Å². The van der Waals surface area contributed by atoms with Crippen LogP contribution in [0.1, 0.15) is 25.2 Å². The largest absolute Gasteiger partial charge is 0.313 e. The number of nitrogens with two attached hydrogens (primary N) is 1. The standard InChI is InChI=1S/C10H20N4O2S/c1-7(2)12-5-6-14-9(4)10(8(3)13-14)17(11,15)16/h7,12H,5-6H2,1-4H3,(H2,11,15,16). The van der Waals surface area contributed by atoms with E-state index < -0.39 is 10.0 Å². The molecule has 0 amide bonds. The molecule has 0 aromatic carbocycles. The Balaban J connectivity index is 2.90. The first kappa shape index (κ1) is 14.1. The van der Waals surface area contributed by atoms with E-state index in [2.05, 4.69) is 24.3 Å². The van der Waals surface area contributed by atoms with Crippen LogP contribution in [-0.4, -0.2) is 30.8 Å². The minimum absolute atomic E-state index is 0.141. The van der Waals surface area contributed by atoms with Gasteiger partial charge in [0, 0.05) is 12.6 Å². The molecule has 3 N–H and O–H groups in total. The summed E-state index contributed by atoms with van der Waals surface area (Å²) in [6.07, 6.45) is 0. The highest BCUT2D eigenvalue weighted by atomic mass is 32.2. The molecule has 0 saturated heterocycles. The van der Waals surface area contributed by atoms with Crippen LogP contribution in [-0.2, 0) is 16.6 Å². The third-order valence-corrected chi connectivity index (χ3v) is 3.64. The molecule has 7 heteroatoms. The molecule has 17 heavy (non-hydrogen) atoms. The van der Waals surface area contributed by atoms with Crippen molar-refractivity contribution in [2.24, 2.45) is 5.14 Å². The molecular weight excluding hydrogens is 240 g/mol. The highest BCUT2D eigenvalue weighted by molar-refractivity contribution is 7.89. The summed E-state index contributed by atoms with van der Waals surface area (Å²) >= 11 is 0. The van der Waals surface area contributed by atoms with Crippen LogP contribution >= 0.6 is 0 Å². The van der Waals surface area contributed by atoms with Gasteiger partial charge in [-0.2, -0.15) is 5.10 Å². The predicted molar refractivity (Wildman–Crippen MR) is 66.2 cm³/mol. The average molecular weight is 260 g/mol. The lowest BCUT2D eigenvalue weighted by Crippen LogP contribution is -2.27. The molecule has 0 aliphatic carbocycles. The molecule has 1 aromatic heterocycles. The summed E-state index contributed by atoms with van der Waals surface area (Å²) < 4.78 is 24.4. The highest BCUT2D eigenvalue weighted by Crippen LogP contribution is 2.17. The maximum absolute atomic E-state index is 11.4. The van der Waals surface area contributed by atoms with Crippen LogP contribution in [0.25, 0.3) is 0 Å². The molecule has 0 fully saturated rings. The van der Waals surface area contributed by atoms with Crippen molar-refractivity contribution >= 4 is 10.0 Å². The molecule has 0 spiro atoms. The first-order valence-corrected chi connectivity index (χ1v) is 7.08. The molecule has 1 rings (SSSR count). The number of aromatic nitrogens is 2. The summed E-state index contributed by atoms with van der Waals surface area (Å²) in [6, 6.07) is 0.393. The number of primary sulfonamides is 1. The Bertz CT molecular complexity index is 491. The molecule has 0 atom stereocenters. The molecule has 1 heterocycles. The van der Waals surface area contributed by atoms with E-state index in [1.807, 2.05) is 0 Å². The van der Waals surface area contributed by atoms with Gasteiger partial charge in [-0.05, 0) is 13.8 Å². The lowest BCUT2D eigenvalue weighted by molar-refractivity contribution is 0.506. The van der Waals surface area contributed by atoms with Gasteiger partial charge in [-0.25, -0.2) is 13.6 Å². The van der Waals surface area contributed by atoms with E-state index in [-0.39, 0.29) is 4.90 Å². The SMILES string of the molecule is Cc1nn(CCNC(C)C)c(C)c1S(N)(=O)=O. The summed E-state index contributed by atoms with van der Waals surface area (Å²) in [6.45, 7) is 8.84. The van der Waals surface area contributed by atoms with Crippen LogP contribution in [0.15, 0.2) is 4.90 Å². The normalized spacial score (nSPS) is 12.4. The Labute approximate surface area is 102 Å². The Morgan fingerprint density at radius 2 is 2.00 bits per heavy atom. The fourth-order valence-electron chi connectivity index (χ4n) is 1.77. The number of nitrogens with zero attached hydrogens (tertiary/aromatic N) is 2. The van der Waals surface area contributed by atoms with Gasteiger partial charge in [-0.1, -0.05) is 13.8 Å². The summed E-state index contributed by atoms with van der Waals surface area (Å²) in [7, 11) is -3.69. The Hall–Kier alpha value is -0.920. The first-order chi connectivity index (χ1) is 7.73. The van der Waals surface area contributed by atoms with Crippen molar-refractivity contribution in [3.05, 3.63) is 11.4 Å². The zero-order valence-electron chi connectivity index (χ0n) is 10.7. The number of hydrogen-bond acceptors (Lipinski definition) is 4. The highest BCUT2D eigenvalue weighted by Gasteiger charge is 2.20. The molecular formula is C10H20N4O2S. The molecule has 0 bridgehead atoms. The minimum atomic E-state index is -3.69. The average Bonchev–Trinajstić information content (AvgIpc) is 2.40. The minimum Gasteiger partial charge on any atom is -0.313 e.